The van der Waals surface area contributed by atoms with Gasteiger partial charge in [0.05, 0.1) is 11.6 Å². The standard InChI is InChI=1S/C11H11ClO2.C6H8.C3H6O2/c12-9-5-8(7-1-2-7)6-10-11(9)14-4-3-13-10;1-3-5-6-4-2;1-2-5-3-4/h5-7H,1-4H2;3-6H,1-2H2;3H,2H2,1H3/b;6-5-;. The van der Waals surface area contributed by atoms with Gasteiger partial charge in [-0.2, -0.15) is 0 Å². The van der Waals surface area contributed by atoms with Crippen LogP contribution in [0.25, 0.3) is 0 Å². The maximum atomic E-state index is 9.18. The number of halogens is 1. The van der Waals surface area contributed by atoms with Crippen LogP contribution in [0, 0.1) is 0 Å². The van der Waals surface area contributed by atoms with Crippen molar-refractivity contribution in [2.45, 2.75) is 25.7 Å². The summed E-state index contributed by atoms with van der Waals surface area (Å²) in [6.07, 6.45) is 9.62. The summed E-state index contributed by atoms with van der Waals surface area (Å²) in [5, 5.41) is 0.684. The van der Waals surface area contributed by atoms with E-state index in [1.54, 1.807) is 19.1 Å². The molecule has 5 heteroatoms. The zero-order valence-electron chi connectivity index (χ0n) is 14.6. The normalized spacial score (nSPS) is 14.3. The molecule has 136 valence electrons. The van der Waals surface area contributed by atoms with Crippen molar-refractivity contribution < 1.29 is 19.0 Å². The molecule has 0 bridgehead atoms. The number of carbonyl (C=O) groups excluding carboxylic acids is 1. The molecule has 1 aromatic carbocycles. The summed E-state index contributed by atoms with van der Waals surface area (Å²) < 4.78 is 15.1. The Morgan fingerprint density at radius 1 is 1.20 bits per heavy atom. The molecule has 0 amide bonds. The minimum atomic E-state index is 0.431. The maximum Gasteiger partial charge on any atom is 0.293 e. The van der Waals surface area contributed by atoms with Crippen LogP contribution in [0.4, 0.5) is 0 Å². The van der Waals surface area contributed by atoms with Crippen molar-refractivity contribution in [1.82, 2.24) is 0 Å². The van der Waals surface area contributed by atoms with Gasteiger partial charge in [-0.15, -0.1) is 0 Å². The summed E-state index contributed by atoms with van der Waals surface area (Å²) in [4.78, 5) is 9.18. The predicted octanol–water partition coefficient (Wildman–Crippen LogP) is 5.08. The summed E-state index contributed by atoms with van der Waals surface area (Å²) in [7, 11) is 0. The van der Waals surface area contributed by atoms with Crippen LogP contribution >= 0.6 is 11.6 Å². The lowest BCUT2D eigenvalue weighted by atomic mass is 10.1. The Hall–Kier alpha value is -2.20. The lowest BCUT2D eigenvalue weighted by Crippen LogP contribution is -2.15. The van der Waals surface area contributed by atoms with Gasteiger partial charge in [0.1, 0.15) is 13.2 Å². The zero-order valence-corrected chi connectivity index (χ0v) is 15.3. The van der Waals surface area contributed by atoms with Crippen LogP contribution in [-0.4, -0.2) is 26.3 Å². The van der Waals surface area contributed by atoms with Gasteiger partial charge in [-0.25, -0.2) is 0 Å². The van der Waals surface area contributed by atoms with E-state index in [2.05, 4.69) is 24.0 Å². The average molecular weight is 365 g/mol. The van der Waals surface area contributed by atoms with Crippen molar-refractivity contribution in [3.8, 4) is 11.5 Å². The summed E-state index contributed by atoms with van der Waals surface area (Å²) in [6, 6.07) is 4.07. The topological polar surface area (TPSA) is 44.8 Å². The third-order valence-electron chi connectivity index (χ3n) is 3.29. The Kier molecular flexibility index (Phi) is 10.2. The summed E-state index contributed by atoms with van der Waals surface area (Å²) >= 11 is 6.11. The summed E-state index contributed by atoms with van der Waals surface area (Å²) in [5.41, 5.74) is 1.29. The monoisotopic (exact) mass is 364 g/mol. The van der Waals surface area contributed by atoms with Crippen molar-refractivity contribution >= 4 is 18.1 Å². The lowest BCUT2D eigenvalue weighted by molar-refractivity contribution is -0.128. The van der Waals surface area contributed by atoms with Crippen LogP contribution in [0.2, 0.25) is 5.02 Å². The van der Waals surface area contributed by atoms with Crippen molar-refractivity contribution in [2.75, 3.05) is 19.8 Å². The molecule has 0 atom stereocenters. The highest BCUT2D eigenvalue weighted by atomic mass is 35.5. The minimum absolute atomic E-state index is 0.431. The Balaban J connectivity index is 0.000000240. The first-order valence-electron chi connectivity index (χ1n) is 8.22. The van der Waals surface area contributed by atoms with Crippen LogP contribution < -0.4 is 9.47 Å². The molecular formula is C20H25ClO4. The van der Waals surface area contributed by atoms with Crippen LogP contribution in [0.1, 0.15) is 31.2 Å². The maximum absolute atomic E-state index is 9.18. The van der Waals surface area contributed by atoms with E-state index in [1.807, 2.05) is 18.2 Å². The molecule has 25 heavy (non-hydrogen) atoms. The molecule has 1 aliphatic heterocycles. The SMILES string of the molecule is C=C/C=C\C=C.CCOC=O.Clc1cc(C2CC2)cc2c1OCCO2. The van der Waals surface area contributed by atoms with Gasteiger partial charge >= 0.3 is 0 Å². The molecule has 0 aromatic heterocycles. The van der Waals surface area contributed by atoms with E-state index >= 15 is 0 Å². The van der Waals surface area contributed by atoms with Crippen molar-refractivity contribution in [3.63, 3.8) is 0 Å². The van der Waals surface area contributed by atoms with E-state index in [-0.39, 0.29) is 0 Å². The van der Waals surface area contributed by atoms with Crippen molar-refractivity contribution in [1.29, 1.82) is 0 Å². The molecule has 1 aliphatic carbocycles. The van der Waals surface area contributed by atoms with Gasteiger partial charge in [-0.3, -0.25) is 4.79 Å². The molecule has 0 N–H and O–H groups in total. The number of ether oxygens (including phenoxy) is 3. The van der Waals surface area contributed by atoms with Gasteiger partial charge in [0.2, 0.25) is 0 Å². The van der Waals surface area contributed by atoms with Gasteiger partial charge in [0, 0.05) is 0 Å². The Morgan fingerprint density at radius 2 is 1.84 bits per heavy atom. The van der Waals surface area contributed by atoms with E-state index in [0.717, 1.165) is 5.75 Å². The first-order chi connectivity index (χ1) is 12.2. The number of benzene rings is 1. The van der Waals surface area contributed by atoms with E-state index in [0.29, 0.717) is 43.0 Å². The van der Waals surface area contributed by atoms with Crippen molar-refractivity contribution in [2.24, 2.45) is 0 Å². The second-order valence-electron chi connectivity index (χ2n) is 5.21. The van der Waals surface area contributed by atoms with Crippen LogP contribution in [0.15, 0.2) is 49.6 Å². The van der Waals surface area contributed by atoms with E-state index < -0.39 is 0 Å². The van der Waals surface area contributed by atoms with Crippen LogP contribution in [0.3, 0.4) is 0 Å². The number of fused-ring (bicyclic) bond motifs is 1. The molecule has 4 nitrogen and oxygen atoms in total. The highest BCUT2D eigenvalue weighted by molar-refractivity contribution is 6.32. The largest absolute Gasteiger partial charge is 0.486 e. The molecule has 0 unspecified atom stereocenters. The average Bonchev–Trinajstić information content (AvgIpc) is 3.47. The Labute approximate surface area is 154 Å². The molecule has 0 radical (unpaired) electrons. The number of allylic oxidation sites excluding steroid dienone is 4. The first-order valence-corrected chi connectivity index (χ1v) is 8.60. The van der Waals surface area contributed by atoms with Crippen molar-refractivity contribution in [3.05, 3.63) is 60.2 Å². The smallest absolute Gasteiger partial charge is 0.293 e. The minimum Gasteiger partial charge on any atom is -0.486 e. The second kappa shape index (κ2) is 12.2. The van der Waals surface area contributed by atoms with E-state index in [1.165, 1.54) is 18.4 Å². The quantitative estimate of drug-likeness (QED) is 0.539. The highest BCUT2D eigenvalue weighted by Gasteiger charge is 2.26. The fraction of sp³-hybridized carbons (Fsp3) is 0.350. The second-order valence-corrected chi connectivity index (χ2v) is 5.62. The predicted molar refractivity (Wildman–Crippen MR) is 102 cm³/mol. The van der Waals surface area contributed by atoms with Gasteiger partial charge < -0.3 is 14.2 Å². The summed E-state index contributed by atoms with van der Waals surface area (Å²) in [6.45, 7) is 10.8. The molecule has 2 aliphatic rings. The van der Waals surface area contributed by atoms with Gasteiger partial charge in [0.25, 0.3) is 6.47 Å². The molecule has 1 fully saturated rings. The van der Waals surface area contributed by atoms with E-state index in [9.17, 15) is 4.79 Å². The third-order valence-corrected chi connectivity index (χ3v) is 3.57. The fourth-order valence-corrected chi connectivity index (χ4v) is 2.28. The number of rotatable bonds is 5. The van der Waals surface area contributed by atoms with E-state index in [4.69, 9.17) is 21.1 Å². The Morgan fingerprint density at radius 3 is 2.32 bits per heavy atom. The molecule has 0 spiro atoms. The number of carbonyl (C=O) groups is 1. The number of hydrogen-bond acceptors (Lipinski definition) is 4. The lowest BCUT2D eigenvalue weighted by Gasteiger charge is -2.20. The molecule has 0 saturated heterocycles. The van der Waals surface area contributed by atoms with Gasteiger partial charge in [-0.05, 0) is 43.4 Å². The first kappa shape index (κ1) is 20.8. The molecule has 1 saturated carbocycles. The molecule has 3 rings (SSSR count). The highest BCUT2D eigenvalue weighted by Crippen LogP contribution is 2.46. The Bertz CT molecular complexity index is 582. The zero-order chi connectivity index (χ0) is 18.5. The molecule has 1 aromatic rings. The summed E-state index contributed by atoms with van der Waals surface area (Å²) in [5.74, 6) is 2.22. The number of hydrogen-bond donors (Lipinski definition) is 0. The molecular weight excluding hydrogens is 340 g/mol. The fourth-order valence-electron chi connectivity index (χ4n) is 2.01. The van der Waals surface area contributed by atoms with Gasteiger partial charge in [-0.1, -0.05) is 49.1 Å². The van der Waals surface area contributed by atoms with Crippen LogP contribution in [0.5, 0.6) is 11.5 Å². The molecule has 1 heterocycles. The van der Waals surface area contributed by atoms with Crippen LogP contribution in [-0.2, 0) is 9.53 Å². The third kappa shape index (κ3) is 7.94. The van der Waals surface area contributed by atoms with Gasteiger partial charge in [0.15, 0.2) is 11.5 Å².